The zero-order valence-corrected chi connectivity index (χ0v) is 16.2. The number of rotatable bonds is 4. The summed E-state index contributed by atoms with van der Waals surface area (Å²) in [6.07, 6.45) is 1.35. The number of hydrogen-bond donors (Lipinski definition) is 0. The normalized spacial score (nSPS) is 11.2. The van der Waals surface area contributed by atoms with E-state index >= 15 is 0 Å². The minimum Gasteiger partial charge on any atom is -0.322 e. The number of imidazole rings is 1. The van der Waals surface area contributed by atoms with Gasteiger partial charge in [-0.2, -0.15) is 5.10 Å². The van der Waals surface area contributed by atoms with E-state index in [1.165, 1.54) is 10.9 Å². The van der Waals surface area contributed by atoms with Crippen molar-refractivity contribution >= 4 is 45.8 Å². The molecule has 0 unspecified atom stereocenters. The Morgan fingerprint density at radius 1 is 0.963 bits per heavy atom. The fourth-order valence-electron chi connectivity index (χ4n) is 2.91. The summed E-state index contributed by atoms with van der Waals surface area (Å²) in [6.45, 7) is 0.763. The van der Waals surface area contributed by atoms with E-state index < -0.39 is 5.56 Å². The molecule has 2 aromatic carbocycles. The predicted molar refractivity (Wildman–Crippen MR) is 108 cm³/mol. The second-order valence-corrected chi connectivity index (χ2v) is 7.22. The summed E-state index contributed by atoms with van der Waals surface area (Å²) in [5, 5.41) is 4.75. The molecule has 2 aromatic heterocycles. The van der Waals surface area contributed by atoms with Crippen molar-refractivity contribution in [2.45, 2.75) is 13.1 Å². The van der Waals surface area contributed by atoms with Crippen molar-refractivity contribution in [3.63, 3.8) is 0 Å². The summed E-state index contributed by atoms with van der Waals surface area (Å²) < 4.78 is 3.29. The molecule has 136 valence electrons. The van der Waals surface area contributed by atoms with Gasteiger partial charge in [-0.1, -0.05) is 65.1 Å². The summed E-state index contributed by atoms with van der Waals surface area (Å²) >= 11 is 17.9. The van der Waals surface area contributed by atoms with Crippen molar-refractivity contribution in [1.82, 2.24) is 19.3 Å². The van der Waals surface area contributed by atoms with Crippen molar-refractivity contribution in [3.05, 3.63) is 91.5 Å². The van der Waals surface area contributed by atoms with Crippen LogP contribution < -0.4 is 5.56 Å². The molecule has 0 amide bonds. The van der Waals surface area contributed by atoms with Gasteiger partial charge in [0.15, 0.2) is 0 Å². The Hall–Kier alpha value is -2.34. The molecule has 0 bridgehead atoms. The Bertz CT molecular complexity index is 1190. The largest absolute Gasteiger partial charge is 0.322 e. The van der Waals surface area contributed by atoms with E-state index in [-0.39, 0.29) is 16.6 Å². The third-order valence-corrected chi connectivity index (χ3v) is 5.19. The molecule has 0 fully saturated rings. The molecule has 0 spiro atoms. The molecule has 0 aliphatic heterocycles. The van der Waals surface area contributed by atoms with Crippen LogP contribution in [0.3, 0.4) is 0 Å². The molecule has 0 aliphatic carbocycles. The minimum atomic E-state index is -0.458. The van der Waals surface area contributed by atoms with Gasteiger partial charge in [0.1, 0.15) is 17.4 Å². The van der Waals surface area contributed by atoms with Crippen LogP contribution >= 0.6 is 34.8 Å². The lowest BCUT2D eigenvalue weighted by molar-refractivity contribution is 0.590. The second kappa shape index (κ2) is 7.35. The van der Waals surface area contributed by atoms with Gasteiger partial charge in [0.05, 0.1) is 22.3 Å². The number of halogens is 3. The Balaban J connectivity index is 1.83. The van der Waals surface area contributed by atoms with Crippen LogP contribution in [0.5, 0.6) is 0 Å². The van der Waals surface area contributed by atoms with E-state index in [1.54, 1.807) is 6.07 Å². The molecule has 5 nitrogen and oxygen atoms in total. The summed E-state index contributed by atoms with van der Waals surface area (Å²) in [6, 6.07) is 15.5. The second-order valence-electron chi connectivity index (χ2n) is 6.00. The molecular weight excluding hydrogens is 407 g/mol. The molecule has 0 atom stereocenters. The third-order valence-electron chi connectivity index (χ3n) is 4.21. The Labute approximate surface area is 169 Å². The van der Waals surface area contributed by atoms with Gasteiger partial charge in [-0.25, -0.2) is 9.67 Å². The van der Waals surface area contributed by atoms with E-state index in [0.29, 0.717) is 17.4 Å². The number of aromatic nitrogens is 4. The fraction of sp³-hybridized carbons (Fsp3) is 0.105. The highest BCUT2D eigenvalue weighted by atomic mass is 35.5. The van der Waals surface area contributed by atoms with Crippen LogP contribution in [0.4, 0.5) is 0 Å². The zero-order valence-electron chi connectivity index (χ0n) is 13.9. The SMILES string of the molecule is O=c1c(Cl)c(Cl)cnn1Cc1nc2cc(Cl)ccc2n1Cc1ccccc1. The molecule has 0 aliphatic rings. The van der Waals surface area contributed by atoms with Crippen LogP contribution in [-0.2, 0) is 13.1 Å². The van der Waals surface area contributed by atoms with Gasteiger partial charge in [0.25, 0.3) is 5.56 Å². The van der Waals surface area contributed by atoms with Crippen LogP contribution in [0.1, 0.15) is 11.4 Å². The van der Waals surface area contributed by atoms with Crippen molar-refractivity contribution in [3.8, 4) is 0 Å². The molecular formula is C19H13Cl3N4O. The summed E-state index contributed by atoms with van der Waals surface area (Å²) in [7, 11) is 0. The average molecular weight is 420 g/mol. The molecule has 2 heterocycles. The van der Waals surface area contributed by atoms with Gasteiger partial charge < -0.3 is 4.57 Å². The zero-order chi connectivity index (χ0) is 19.0. The van der Waals surface area contributed by atoms with Crippen LogP contribution in [0.2, 0.25) is 15.1 Å². The maximum Gasteiger partial charge on any atom is 0.287 e. The summed E-state index contributed by atoms with van der Waals surface area (Å²) in [4.78, 5) is 17.0. The van der Waals surface area contributed by atoms with Gasteiger partial charge in [-0.05, 0) is 23.8 Å². The first-order chi connectivity index (χ1) is 13.0. The molecule has 27 heavy (non-hydrogen) atoms. The predicted octanol–water partition coefficient (Wildman–Crippen LogP) is 4.65. The Kier molecular flexibility index (Phi) is 4.91. The van der Waals surface area contributed by atoms with Crippen LogP contribution in [0, 0.1) is 0 Å². The van der Waals surface area contributed by atoms with Crippen molar-refractivity contribution in [2.24, 2.45) is 0 Å². The van der Waals surface area contributed by atoms with E-state index in [2.05, 4.69) is 10.1 Å². The third kappa shape index (κ3) is 3.58. The number of benzene rings is 2. The van der Waals surface area contributed by atoms with Crippen molar-refractivity contribution in [2.75, 3.05) is 0 Å². The number of hydrogen-bond acceptors (Lipinski definition) is 3. The molecule has 0 radical (unpaired) electrons. The molecule has 0 N–H and O–H groups in total. The maximum absolute atomic E-state index is 12.4. The first-order valence-corrected chi connectivity index (χ1v) is 9.26. The van der Waals surface area contributed by atoms with Gasteiger partial charge in [0.2, 0.25) is 0 Å². The number of nitrogens with zero attached hydrogens (tertiary/aromatic N) is 4. The van der Waals surface area contributed by atoms with Gasteiger partial charge in [-0.3, -0.25) is 4.79 Å². The maximum atomic E-state index is 12.4. The fourth-order valence-corrected chi connectivity index (χ4v) is 3.34. The highest BCUT2D eigenvalue weighted by Gasteiger charge is 2.15. The number of fused-ring (bicyclic) bond motifs is 1. The summed E-state index contributed by atoms with van der Waals surface area (Å²) in [5.74, 6) is 0.670. The topological polar surface area (TPSA) is 52.7 Å². The smallest absolute Gasteiger partial charge is 0.287 e. The van der Waals surface area contributed by atoms with Gasteiger partial charge in [0, 0.05) is 11.6 Å². The van der Waals surface area contributed by atoms with Crippen molar-refractivity contribution in [1.29, 1.82) is 0 Å². The average Bonchev–Trinajstić information content (AvgIpc) is 2.99. The molecule has 0 saturated carbocycles. The Morgan fingerprint density at radius 3 is 2.52 bits per heavy atom. The van der Waals surface area contributed by atoms with E-state index in [9.17, 15) is 4.79 Å². The Morgan fingerprint density at radius 2 is 1.74 bits per heavy atom. The van der Waals surface area contributed by atoms with E-state index in [4.69, 9.17) is 34.8 Å². The first-order valence-electron chi connectivity index (χ1n) is 8.12. The summed E-state index contributed by atoms with van der Waals surface area (Å²) in [5.41, 5.74) is 2.33. The van der Waals surface area contributed by atoms with E-state index in [1.807, 2.05) is 47.0 Å². The highest BCUT2D eigenvalue weighted by molar-refractivity contribution is 6.41. The van der Waals surface area contributed by atoms with E-state index in [0.717, 1.165) is 16.6 Å². The van der Waals surface area contributed by atoms with Crippen LogP contribution in [0.25, 0.3) is 11.0 Å². The lowest BCUT2D eigenvalue weighted by Crippen LogP contribution is -2.25. The lowest BCUT2D eigenvalue weighted by atomic mass is 10.2. The molecule has 0 saturated heterocycles. The highest BCUT2D eigenvalue weighted by Crippen LogP contribution is 2.22. The van der Waals surface area contributed by atoms with Crippen molar-refractivity contribution < 1.29 is 0 Å². The standard InChI is InChI=1S/C19H13Cl3N4O/c20-13-6-7-16-15(8-13)24-17(25(16)10-12-4-2-1-3-5-12)11-26-19(27)18(22)14(21)9-23-26/h1-9H,10-11H2. The van der Waals surface area contributed by atoms with Crippen LogP contribution in [0.15, 0.2) is 59.5 Å². The van der Waals surface area contributed by atoms with Crippen LogP contribution in [-0.4, -0.2) is 19.3 Å². The molecule has 8 heteroatoms. The van der Waals surface area contributed by atoms with Gasteiger partial charge in [-0.15, -0.1) is 0 Å². The molecule has 4 rings (SSSR count). The lowest BCUT2D eigenvalue weighted by Gasteiger charge is -2.11. The quantitative estimate of drug-likeness (QED) is 0.484. The molecule has 4 aromatic rings. The first kappa shape index (κ1) is 18.0. The van der Waals surface area contributed by atoms with Gasteiger partial charge >= 0.3 is 0 Å². The monoisotopic (exact) mass is 418 g/mol. The minimum absolute atomic E-state index is 0.0552.